The summed E-state index contributed by atoms with van der Waals surface area (Å²) in [4.78, 5) is 72.5. The highest BCUT2D eigenvalue weighted by Gasteiger charge is 2.30. The van der Waals surface area contributed by atoms with Gasteiger partial charge in [-0.2, -0.15) is 0 Å². The molecule has 0 saturated heterocycles. The molecule has 0 saturated carbocycles. The molecule has 0 aromatic heterocycles. The summed E-state index contributed by atoms with van der Waals surface area (Å²) in [5, 5.41) is 10.6. The molecule has 2 unspecified atom stereocenters. The quantitative estimate of drug-likeness (QED) is 0.0222. The first-order valence-corrected chi connectivity index (χ1v) is 40.3. The van der Waals surface area contributed by atoms with Crippen LogP contribution in [0.25, 0.3) is 0 Å². The minimum absolute atomic E-state index is 0.107. The first-order valence-electron chi connectivity index (χ1n) is 37.3. The SMILES string of the molecule is CCCCCCCCCCCCCCCCCCCCC(=O)O[C@H](COC(=O)CCCCCCCCCCCCCCC)COP(=O)(O)OC[C@@H](O)COP(=O)(O)OC[C@@H](COC(=O)CCCCCCCCCC)OC(=O)CCCCCCCCCCCCC. The van der Waals surface area contributed by atoms with Gasteiger partial charge in [-0.05, 0) is 25.7 Å². The van der Waals surface area contributed by atoms with Crippen LogP contribution in [0.2, 0.25) is 0 Å². The summed E-state index contributed by atoms with van der Waals surface area (Å²) in [7, 11) is -9.89. The van der Waals surface area contributed by atoms with Crippen LogP contribution < -0.4 is 0 Å². The number of aliphatic hydroxyl groups is 1. The number of ether oxygens (including phenoxy) is 4. The van der Waals surface area contributed by atoms with Crippen LogP contribution in [0, 0.1) is 0 Å². The van der Waals surface area contributed by atoms with Crippen LogP contribution in [0.15, 0.2) is 0 Å². The van der Waals surface area contributed by atoms with Crippen LogP contribution in [0.1, 0.15) is 374 Å². The number of unbranched alkanes of at least 4 members (excludes halogenated alkanes) is 46. The normalized spacial score (nSPS) is 14.0. The number of phosphoric acid groups is 2. The second kappa shape index (κ2) is 65.7. The third-order valence-electron chi connectivity index (χ3n) is 16.6. The van der Waals surface area contributed by atoms with Crippen LogP contribution in [-0.4, -0.2) is 96.7 Å². The van der Waals surface area contributed by atoms with Crippen LogP contribution in [0.5, 0.6) is 0 Å². The maximum absolute atomic E-state index is 13.0. The molecule has 0 fully saturated rings. The molecule has 3 N–H and O–H groups in total. The molecule has 0 heterocycles. The second-order valence-electron chi connectivity index (χ2n) is 25.6. The lowest BCUT2D eigenvalue weighted by atomic mass is 10.0. The second-order valence-corrected chi connectivity index (χ2v) is 28.5. The van der Waals surface area contributed by atoms with Crippen molar-refractivity contribution in [2.75, 3.05) is 39.6 Å². The Kier molecular flexibility index (Phi) is 64.3. The molecule has 19 heteroatoms. The van der Waals surface area contributed by atoms with Gasteiger partial charge in [0.2, 0.25) is 0 Å². The van der Waals surface area contributed by atoms with E-state index in [9.17, 15) is 43.2 Å². The van der Waals surface area contributed by atoms with Crippen molar-refractivity contribution in [3.8, 4) is 0 Å². The average molecular weight is 1330 g/mol. The van der Waals surface area contributed by atoms with E-state index in [-0.39, 0.29) is 25.7 Å². The molecular formula is C71H138O17P2. The van der Waals surface area contributed by atoms with Crippen molar-refractivity contribution in [1.82, 2.24) is 0 Å². The fourth-order valence-corrected chi connectivity index (χ4v) is 12.4. The monoisotopic (exact) mass is 1320 g/mol. The predicted octanol–water partition coefficient (Wildman–Crippen LogP) is 20.7. The van der Waals surface area contributed by atoms with E-state index in [1.807, 2.05) is 0 Å². The molecule has 0 radical (unpaired) electrons. The van der Waals surface area contributed by atoms with Gasteiger partial charge in [-0.15, -0.1) is 0 Å². The third-order valence-corrected chi connectivity index (χ3v) is 18.5. The van der Waals surface area contributed by atoms with Crippen LogP contribution in [-0.2, 0) is 65.4 Å². The largest absolute Gasteiger partial charge is 0.472 e. The van der Waals surface area contributed by atoms with Gasteiger partial charge in [0.15, 0.2) is 12.2 Å². The zero-order valence-corrected chi connectivity index (χ0v) is 59.9. The Morgan fingerprint density at radius 2 is 0.444 bits per heavy atom. The zero-order valence-electron chi connectivity index (χ0n) is 58.1. The summed E-state index contributed by atoms with van der Waals surface area (Å²) >= 11 is 0. The molecule has 0 aromatic carbocycles. The van der Waals surface area contributed by atoms with Crippen molar-refractivity contribution in [3.05, 3.63) is 0 Å². The molecule has 0 aliphatic carbocycles. The number of carbonyl (C=O) groups excluding carboxylic acids is 4. The van der Waals surface area contributed by atoms with Gasteiger partial charge in [-0.1, -0.05) is 323 Å². The molecule has 5 atom stereocenters. The van der Waals surface area contributed by atoms with E-state index in [0.717, 1.165) is 96.3 Å². The topological polar surface area (TPSA) is 237 Å². The van der Waals surface area contributed by atoms with Crippen molar-refractivity contribution in [2.45, 2.75) is 393 Å². The van der Waals surface area contributed by atoms with Gasteiger partial charge < -0.3 is 33.8 Å². The molecule has 0 aromatic rings. The number of phosphoric ester groups is 2. The Morgan fingerprint density at radius 1 is 0.267 bits per heavy atom. The number of rotatable bonds is 72. The van der Waals surface area contributed by atoms with E-state index in [0.29, 0.717) is 25.7 Å². The van der Waals surface area contributed by atoms with E-state index < -0.39 is 97.5 Å². The van der Waals surface area contributed by atoms with Crippen LogP contribution in [0.4, 0.5) is 0 Å². The first kappa shape index (κ1) is 88.1. The number of hydrogen-bond acceptors (Lipinski definition) is 15. The minimum atomic E-state index is -4.95. The highest BCUT2D eigenvalue weighted by atomic mass is 31.2. The average Bonchev–Trinajstić information content (AvgIpc) is 3.53. The lowest BCUT2D eigenvalue weighted by molar-refractivity contribution is -0.161. The maximum Gasteiger partial charge on any atom is 0.472 e. The van der Waals surface area contributed by atoms with E-state index in [1.165, 1.54) is 199 Å². The Hall–Kier alpha value is -1.94. The molecule has 534 valence electrons. The van der Waals surface area contributed by atoms with Gasteiger partial charge in [0.1, 0.15) is 19.3 Å². The van der Waals surface area contributed by atoms with Gasteiger partial charge in [-0.25, -0.2) is 9.13 Å². The third kappa shape index (κ3) is 64.8. The number of hydrogen-bond donors (Lipinski definition) is 3. The molecule has 0 bridgehead atoms. The van der Waals surface area contributed by atoms with Gasteiger partial charge in [0.25, 0.3) is 0 Å². The number of carbonyl (C=O) groups is 4. The van der Waals surface area contributed by atoms with E-state index in [4.69, 9.17) is 37.0 Å². The van der Waals surface area contributed by atoms with Gasteiger partial charge in [0.05, 0.1) is 26.4 Å². The Bertz CT molecular complexity index is 1720. The summed E-state index contributed by atoms with van der Waals surface area (Å²) in [5.74, 6) is -2.12. The fraction of sp³-hybridized carbons (Fsp3) is 0.944. The molecule has 0 aliphatic rings. The minimum Gasteiger partial charge on any atom is -0.462 e. The number of esters is 4. The zero-order chi connectivity index (χ0) is 66.1. The van der Waals surface area contributed by atoms with Crippen molar-refractivity contribution in [2.24, 2.45) is 0 Å². The molecule has 90 heavy (non-hydrogen) atoms. The van der Waals surface area contributed by atoms with E-state index >= 15 is 0 Å². The molecule has 0 spiro atoms. The summed E-state index contributed by atoms with van der Waals surface area (Å²) in [6, 6.07) is 0. The maximum atomic E-state index is 13.0. The molecule has 0 amide bonds. The molecular weight excluding hydrogens is 1190 g/mol. The lowest BCUT2D eigenvalue weighted by Gasteiger charge is -2.21. The van der Waals surface area contributed by atoms with Crippen molar-refractivity contribution < 1.29 is 80.2 Å². The van der Waals surface area contributed by atoms with Crippen molar-refractivity contribution in [3.63, 3.8) is 0 Å². The van der Waals surface area contributed by atoms with Crippen LogP contribution >= 0.6 is 15.6 Å². The summed E-state index contributed by atoms with van der Waals surface area (Å²) in [5.41, 5.74) is 0. The summed E-state index contributed by atoms with van der Waals surface area (Å²) in [6.45, 7) is 4.93. The van der Waals surface area contributed by atoms with E-state index in [1.54, 1.807) is 0 Å². The Morgan fingerprint density at radius 3 is 0.656 bits per heavy atom. The van der Waals surface area contributed by atoms with Crippen molar-refractivity contribution >= 4 is 39.5 Å². The van der Waals surface area contributed by atoms with E-state index in [2.05, 4.69) is 27.7 Å². The summed E-state index contributed by atoms with van der Waals surface area (Å²) < 4.78 is 68.2. The lowest BCUT2D eigenvalue weighted by Crippen LogP contribution is -2.30. The smallest absolute Gasteiger partial charge is 0.462 e. The molecule has 0 aliphatic heterocycles. The van der Waals surface area contributed by atoms with Gasteiger partial charge >= 0.3 is 39.5 Å². The van der Waals surface area contributed by atoms with Crippen molar-refractivity contribution in [1.29, 1.82) is 0 Å². The predicted molar refractivity (Wildman–Crippen MR) is 363 cm³/mol. The van der Waals surface area contributed by atoms with Crippen LogP contribution in [0.3, 0.4) is 0 Å². The highest BCUT2D eigenvalue weighted by Crippen LogP contribution is 2.45. The highest BCUT2D eigenvalue weighted by molar-refractivity contribution is 7.47. The Balaban J connectivity index is 5.20. The Labute approximate surface area is 549 Å². The standard InChI is InChI=1S/C71H138O17P2/c1-5-9-13-17-21-25-28-30-31-32-33-34-36-39-42-46-50-54-58-71(76)88-67(62-82-69(74)56-52-48-44-40-38-35-29-26-22-18-14-10-6-2)64-86-90(79,80)84-60-65(72)59-83-89(77,78)85-63-66(61-81-68(73)55-51-47-43-24-20-16-12-8-4)87-70(75)57-53-49-45-41-37-27-23-19-15-11-7-3/h65-67,72H,5-64H2,1-4H3,(H,77,78)(H,79,80)/t65-,66+,67+/m0/s1. The molecule has 0 rings (SSSR count). The fourth-order valence-electron chi connectivity index (χ4n) is 10.9. The first-order chi connectivity index (χ1) is 43.7. The molecule has 17 nitrogen and oxygen atoms in total. The van der Waals surface area contributed by atoms with Gasteiger partial charge in [-0.3, -0.25) is 37.3 Å². The number of aliphatic hydroxyl groups excluding tert-OH is 1. The van der Waals surface area contributed by atoms with Gasteiger partial charge in [0, 0.05) is 25.7 Å². The summed E-state index contributed by atoms with van der Waals surface area (Å²) in [6.07, 6.45) is 54.1.